The standard InChI is InChI=1S/C10H13N3.2ClH/c1-8-3-5-13-7-9(2-4-11)12-10(13)6-8;;/h3,5-7H,2,4,11H2,1H3;2*1H. The molecule has 0 aliphatic rings. The van der Waals surface area contributed by atoms with E-state index < -0.39 is 0 Å². The number of rotatable bonds is 2. The zero-order valence-corrected chi connectivity index (χ0v) is 10.1. The van der Waals surface area contributed by atoms with Gasteiger partial charge in [0.15, 0.2) is 0 Å². The van der Waals surface area contributed by atoms with E-state index in [1.54, 1.807) is 0 Å². The lowest BCUT2D eigenvalue weighted by Crippen LogP contribution is -2.02. The summed E-state index contributed by atoms with van der Waals surface area (Å²) in [6, 6.07) is 4.14. The third-order valence-electron chi connectivity index (χ3n) is 2.07. The predicted molar refractivity (Wildman–Crippen MR) is 67.2 cm³/mol. The first-order chi connectivity index (χ1) is 6.29. The molecule has 2 aromatic heterocycles. The topological polar surface area (TPSA) is 43.3 Å². The fourth-order valence-electron chi connectivity index (χ4n) is 1.40. The van der Waals surface area contributed by atoms with Gasteiger partial charge in [-0.25, -0.2) is 4.98 Å². The van der Waals surface area contributed by atoms with Crippen LogP contribution in [0.3, 0.4) is 0 Å². The highest BCUT2D eigenvalue weighted by atomic mass is 35.5. The van der Waals surface area contributed by atoms with Gasteiger partial charge in [0.05, 0.1) is 5.69 Å². The minimum absolute atomic E-state index is 0. The van der Waals surface area contributed by atoms with Gasteiger partial charge in [0, 0.05) is 18.8 Å². The molecule has 0 aliphatic carbocycles. The minimum Gasteiger partial charge on any atom is -0.330 e. The molecule has 84 valence electrons. The zero-order valence-electron chi connectivity index (χ0n) is 8.51. The number of nitrogens with zero attached hydrogens (tertiary/aromatic N) is 2. The average molecular weight is 248 g/mol. The smallest absolute Gasteiger partial charge is 0.137 e. The number of pyridine rings is 1. The van der Waals surface area contributed by atoms with E-state index >= 15 is 0 Å². The van der Waals surface area contributed by atoms with Crippen LogP contribution in [0.4, 0.5) is 0 Å². The van der Waals surface area contributed by atoms with Gasteiger partial charge < -0.3 is 10.1 Å². The highest BCUT2D eigenvalue weighted by Crippen LogP contribution is 2.07. The second-order valence-electron chi connectivity index (χ2n) is 3.24. The molecule has 2 aromatic rings. The summed E-state index contributed by atoms with van der Waals surface area (Å²) in [4.78, 5) is 4.45. The van der Waals surface area contributed by atoms with Gasteiger partial charge in [-0.2, -0.15) is 0 Å². The van der Waals surface area contributed by atoms with Crippen LogP contribution in [0, 0.1) is 6.92 Å². The zero-order chi connectivity index (χ0) is 9.26. The first-order valence-corrected chi connectivity index (χ1v) is 4.44. The van der Waals surface area contributed by atoms with E-state index in [0.717, 1.165) is 17.8 Å². The maximum absolute atomic E-state index is 5.46. The van der Waals surface area contributed by atoms with Gasteiger partial charge in [0.1, 0.15) is 5.65 Å². The Hall–Kier alpha value is -0.770. The van der Waals surface area contributed by atoms with E-state index in [-0.39, 0.29) is 24.8 Å². The summed E-state index contributed by atoms with van der Waals surface area (Å²) in [6.45, 7) is 2.72. The van der Waals surface area contributed by atoms with Crippen LogP contribution in [0.25, 0.3) is 5.65 Å². The molecule has 0 amide bonds. The molecule has 2 heterocycles. The van der Waals surface area contributed by atoms with Gasteiger partial charge in [-0.1, -0.05) is 0 Å². The Kier molecular flexibility index (Phi) is 5.65. The lowest BCUT2D eigenvalue weighted by molar-refractivity contribution is 0.937. The number of imidazole rings is 1. The van der Waals surface area contributed by atoms with E-state index in [2.05, 4.69) is 24.0 Å². The number of aryl methyl sites for hydroxylation is 1. The number of fused-ring (bicyclic) bond motifs is 1. The Morgan fingerprint density at radius 3 is 2.80 bits per heavy atom. The fraction of sp³-hybridized carbons (Fsp3) is 0.300. The maximum Gasteiger partial charge on any atom is 0.137 e. The van der Waals surface area contributed by atoms with Crippen LogP contribution in [0.1, 0.15) is 11.3 Å². The average Bonchev–Trinajstić information content (AvgIpc) is 2.46. The predicted octanol–water partition coefficient (Wildman–Crippen LogP) is 1.99. The summed E-state index contributed by atoms with van der Waals surface area (Å²) in [5.41, 5.74) is 8.76. The van der Waals surface area contributed by atoms with Crippen LogP contribution < -0.4 is 5.73 Å². The van der Waals surface area contributed by atoms with Gasteiger partial charge in [-0.3, -0.25) is 0 Å². The van der Waals surface area contributed by atoms with E-state index in [1.807, 2.05) is 16.8 Å². The normalized spacial score (nSPS) is 9.47. The number of hydrogen-bond acceptors (Lipinski definition) is 2. The van der Waals surface area contributed by atoms with Crippen molar-refractivity contribution in [3.8, 4) is 0 Å². The minimum atomic E-state index is 0. The number of nitrogens with two attached hydrogens (primary N) is 1. The summed E-state index contributed by atoms with van der Waals surface area (Å²) in [5.74, 6) is 0. The van der Waals surface area contributed by atoms with Crippen LogP contribution in [0.5, 0.6) is 0 Å². The van der Waals surface area contributed by atoms with E-state index in [1.165, 1.54) is 5.56 Å². The van der Waals surface area contributed by atoms with Crippen molar-refractivity contribution in [2.24, 2.45) is 5.73 Å². The van der Waals surface area contributed by atoms with Crippen LogP contribution in [-0.2, 0) is 6.42 Å². The third kappa shape index (κ3) is 3.09. The highest BCUT2D eigenvalue weighted by molar-refractivity contribution is 5.85. The Labute approximate surface area is 102 Å². The lowest BCUT2D eigenvalue weighted by atomic mass is 10.3. The molecule has 0 unspecified atom stereocenters. The second-order valence-corrected chi connectivity index (χ2v) is 3.24. The Morgan fingerprint density at radius 1 is 1.40 bits per heavy atom. The van der Waals surface area contributed by atoms with Gasteiger partial charge in [-0.05, 0) is 31.2 Å². The molecule has 0 bridgehead atoms. The van der Waals surface area contributed by atoms with Crippen LogP contribution >= 0.6 is 24.8 Å². The molecule has 0 saturated carbocycles. The van der Waals surface area contributed by atoms with Crippen LogP contribution in [0.2, 0.25) is 0 Å². The van der Waals surface area contributed by atoms with Crippen molar-refractivity contribution in [2.75, 3.05) is 6.54 Å². The molecule has 0 spiro atoms. The highest BCUT2D eigenvalue weighted by Gasteiger charge is 1.99. The summed E-state index contributed by atoms with van der Waals surface area (Å²) in [5, 5.41) is 0. The molecule has 0 aliphatic heterocycles. The number of halogens is 2. The van der Waals surface area contributed by atoms with Gasteiger partial charge >= 0.3 is 0 Å². The lowest BCUT2D eigenvalue weighted by Gasteiger charge is -1.92. The molecule has 0 aromatic carbocycles. The third-order valence-corrected chi connectivity index (χ3v) is 2.07. The first kappa shape index (κ1) is 14.2. The first-order valence-electron chi connectivity index (χ1n) is 4.44. The van der Waals surface area contributed by atoms with Crippen LogP contribution in [-0.4, -0.2) is 15.9 Å². The molecular weight excluding hydrogens is 233 g/mol. The second kappa shape index (κ2) is 5.95. The molecule has 0 radical (unpaired) electrons. The van der Waals surface area contributed by atoms with Crippen molar-refractivity contribution in [1.82, 2.24) is 9.38 Å². The molecule has 0 saturated heterocycles. The largest absolute Gasteiger partial charge is 0.330 e. The fourth-order valence-corrected chi connectivity index (χ4v) is 1.40. The Bertz CT molecular complexity index is 426. The van der Waals surface area contributed by atoms with Crippen molar-refractivity contribution < 1.29 is 0 Å². The SMILES string of the molecule is Cc1ccn2cc(CCN)nc2c1.Cl.Cl. The quantitative estimate of drug-likeness (QED) is 0.883. The molecule has 0 atom stereocenters. The molecule has 2 rings (SSSR count). The molecule has 5 heteroatoms. The Morgan fingerprint density at radius 2 is 2.13 bits per heavy atom. The molecule has 3 nitrogen and oxygen atoms in total. The molecular formula is C10H15Cl2N3. The van der Waals surface area contributed by atoms with E-state index in [4.69, 9.17) is 5.73 Å². The van der Waals surface area contributed by atoms with Crippen molar-refractivity contribution in [1.29, 1.82) is 0 Å². The van der Waals surface area contributed by atoms with Crippen molar-refractivity contribution in [3.05, 3.63) is 35.8 Å². The van der Waals surface area contributed by atoms with Gasteiger partial charge in [0.2, 0.25) is 0 Å². The molecule has 0 fully saturated rings. The number of hydrogen-bond donors (Lipinski definition) is 1. The van der Waals surface area contributed by atoms with Gasteiger partial charge in [-0.15, -0.1) is 24.8 Å². The maximum atomic E-state index is 5.46. The van der Waals surface area contributed by atoms with Crippen molar-refractivity contribution >= 4 is 30.5 Å². The molecule has 2 N–H and O–H groups in total. The number of aromatic nitrogens is 2. The monoisotopic (exact) mass is 247 g/mol. The summed E-state index contributed by atoms with van der Waals surface area (Å²) >= 11 is 0. The summed E-state index contributed by atoms with van der Waals surface area (Å²) in [7, 11) is 0. The van der Waals surface area contributed by atoms with E-state index in [9.17, 15) is 0 Å². The van der Waals surface area contributed by atoms with Crippen molar-refractivity contribution in [2.45, 2.75) is 13.3 Å². The Balaban J connectivity index is 0.000000980. The summed E-state index contributed by atoms with van der Waals surface area (Å²) < 4.78 is 2.03. The molecule has 15 heavy (non-hydrogen) atoms. The van der Waals surface area contributed by atoms with Crippen LogP contribution in [0.15, 0.2) is 24.5 Å². The summed E-state index contributed by atoms with van der Waals surface area (Å²) in [6.07, 6.45) is 4.90. The van der Waals surface area contributed by atoms with Gasteiger partial charge in [0.25, 0.3) is 0 Å². The van der Waals surface area contributed by atoms with E-state index in [0.29, 0.717) is 6.54 Å². The van der Waals surface area contributed by atoms with Crippen molar-refractivity contribution in [3.63, 3.8) is 0 Å².